The van der Waals surface area contributed by atoms with Crippen LogP contribution in [0.4, 0.5) is 0 Å². The summed E-state index contributed by atoms with van der Waals surface area (Å²) in [6.07, 6.45) is 8.36. The highest BCUT2D eigenvalue weighted by atomic mass is 16.5. The first-order valence-corrected chi connectivity index (χ1v) is 5.26. The van der Waals surface area contributed by atoms with Crippen molar-refractivity contribution in [2.45, 2.75) is 31.8 Å². The van der Waals surface area contributed by atoms with Crippen LogP contribution in [0.3, 0.4) is 0 Å². The number of aromatic nitrogens is 2. The SMILES string of the molecule is O=C(CCC1CCCO1)c1cncnc1. The minimum absolute atomic E-state index is 0.103. The van der Waals surface area contributed by atoms with Gasteiger partial charge in [-0.15, -0.1) is 0 Å². The molecule has 0 amide bonds. The molecule has 4 heteroatoms. The molecular formula is C11H14N2O2. The van der Waals surface area contributed by atoms with Gasteiger partial charge in [0.15, 0.2) is 5.78 Å². The third-order valence-electron chi connectivity index (χ3n) is 2.60. The van der Waals surface area contributed by atoms with Gasteiger partial charge in [0, 0.05) is 25.4 Å². The molecular weight excluding hydrogens is 192 g/mol. The molecule has 1 saturated heterocycles. The molecule has 1 fully saturated rings. The van der Waals surface area contributed by atoms with Gasteiger partial charge in [0.25, 0.3) is 0 Å². The lowest BCUT2D eigenvalue weighted by Crippen LogP contribution is -2.09. The van der Waals surface area contributed by atoms with Crippen LogP contribution in [0.15, 0.2) is 18.7 Å². The highest BCUT2D eigenvalue weighted by molar-refractivity contribution is 5.95. The van der Waals surface area contributed by atoms with E-state index in [0.29, 0.717) is 12.0 Å². The molecule has 0 spiro atoms. The fourth-order valence-corrected chi connectivity index (χ4v) is 1.75. The predicted molar refractivity (Wildman–Crippen MR) is 54.6 cm³/mol. The van der Waals surface area contributed by atoms with Gasteiger partial charge >= 0.3 is 0 Å². The van der Waals surface area contributed by atoms with Crippen LogP contribution in [0, 0.1) is 0 Å². The highest BCUT2D eigenvalue weighted by Gasteiger charge is 2.17. The second kappa shape index (κ2) is 4.98. The average Bonchev–Trinajstić information content (AvgIpc) is 2.80. The molecule has 0 aliphatic carbocycles. The molecule has 2 heterocycles. The zero-order chi connectivity index (χ0) is 10.5. The maximum atomic E-state index is 11.7. The molecule has 2 rings (SSSR count). The van der Waals surface area contributed by atoms with E-state index in [-0.39, 0.29) is 11.9 Å². The molecule has 1 unspecified atom stereocenters. The molecule has 1 aromatic heterocycles. The summed E-state index contributed by atoms with van der Waals surface area (Å²) in [5.41, 5.74) is 0.593. The highest BCUT2D eigenvalue weighted by Crippen LogP contribution is 2.17. The number of rotatable bonds is 4. The Balaban J connectivity index is 1.82. The van der Waals surface area contributed by atoms with E-state index in [2.05, 4.69) is 9.97 Å². The Hall–Kier alpha value is -1.29. The molecule has 0 radical (unpaired) electrons. The Kier molecular flexibility index (Phi) is 3.40. The zero-order valence-corrected chi connectivity index (χ0v) is 8.56. The van der Waals surface area contributed by atoms with Crippen molar-refractivity contribution in [2.75, 3.05) is 6.61 Å². The second-order valence-electron chi connectivity index (χ2n) is 3.72. The molecule has 1 aliphatic heterocycles. The molecule has 1 atom stereocenters. The Labute approximate surface area is 88.7 Å². The summed E-state index contributed by atoms with van der Waals surface area (Å²) in [7, 11) is 0. The maximum absolute atomic E-state index is 11.7. The molecule has 1 aliphatic rings. The van der Waals surface area contributed by atoms with Gasteiger partial charge in [0.1, 0.15) is 6.33 Å². The smallest absolute Gasteiger partial charge is 0.166 e. The van der Waals surface area contributed by atoms with Crippen LogP contribution < -0.4 is 0 Å². The number of Topliss-reactive ketones (excluding diaryl/α,β-unsaturated/α-hetero) is 1. The van der Waals surface area contributed by atoms with Crippen molar-refractivity contribution in [1.29, 1.82) is 0 Å². The minimum atomic E-state index is 0.103. The lowest BCUT2D eigenvalue weighted by Gasteiger charge is -2.07. The van der Waals surface area contributed by atoms with Gasteiger partial charge < -0.3 is 4.74 Å². The van der Waals surface area contributed by atoms with Gasteiger partial charge in [-0.05, 0) is 19.3 Å². The molecule has 80 valence electrons. The van der Waals surface area contributed by atoms with Gasteiger partial charge in [-0.2, -0.15) is 0 Å². The molecule has 0 saturated carbocycles. The van der Waals surface area contributed by atoms with Crippen LogP contribution in [0.1, 0.15) is 36.0 Å². The van der Waals surface area contributed by atoms with Crippen LogP contribution in [-0.2, 0) is 4.74 Å². The van der Waals surface area contributed by atoms with Crippen LogP contribution in [0.5, 0.6) is 0 Å². The van der Waals surface area contributed by atoms with E-state index >= 15 is 0 Å². The molecule has 15 heavy (non-hydrogen) atoms. The van der Waals surface area contributed by atoms with Gasteiger partial charge in [0.2, 0.25) is 0 Å². The van der Waals surface area contributed by atoms with E-state index in [9.17, 15) is 4.79 Å². The Bertz CT molecular complexity index is 321. The summed E-state index contributed by atoms with van der Waals surface area (Å²) in [6, 6.07) is 0. The summed E-state index contributed by atoms with van der Waals surface area (Å²) in [5.74, 6) is 0.103. The Morgan fingerprint density at radius 1 is 1.47 bits per heavy atom. The summed E-state index contributed by atoms with van der Waals surface area (Å²) in [4.78, 5) is 19.3. The van der Waals surface area contributed by atoms with Crippen molar-refractivity contribution in [3.63, 3.8) is 0 Å². The van der Waals surface area contributed by atoms with E-state index in [1.807, 2.05) is 0 Å². The first-order valence-electron chi connectivity index (χ1n) is 5.26. The van der Waals surface area contributed by atoms with Gasteiger partial charge in [0.05, 0.1) is 11.7 Å². The number of ketones is 1. The second-order valence-corrected chi connectivity index (χ2v) is 3.72. The number of carbonyl (C=O) groups excluding carboxylic acids is 1. The van der Waals surface area contributed by atoms with Gasteiger partial charge in [-0.3, -0.25) is 4.79 Å². The molecule has 0 aromatic carbocycles. The predicted octanol–water partition coefficient (Wildman–Crippen LogP) is 1.62. The standard InChI is InChI=1S/C11H14N2O2/c14-11(9-6-12-8-13-7-9)4-3-10-2-1-5-15-10/h6-8,10H,1-5H2. The fraction of sp³-hybridized carbons (Fsp3) is 0.545. The zero-order valence-electron chi connectivity index (χ0n) is 8.56. The van der Waals surface area contributed by atoms with E-state index in [4.69, 9.17) is 4.74 Å². The first-order chi connectivity index (χ1) is 7.36. The Morgan fingerprint density at radius 2 is 2.27 bits per heavy atom. The van der Waals surface area contributed by atoms with Crippen molar-refractivity contribution in [1.82, 2.24) is 9.97 Å². The third kappa shape index (κ3) is 2.83. The lowest BCUT2D eigenvalue weighted by atomic mass is 10.1. The lowest BCUT2D eigenvalue weighted by molar-refractivity contribution is 0.0859. The quantitative estimate of drug-likeness (QED) is 0.702. The number of hydrogen-bond acceptors (Lipinski definition) is 4. The van der Waals surface area contributed by atoms with Gasteiger partial charge in [-0.25, -0.2) is 9.97 Å². The van der Waals surface area contributed by atoms with E-state index in [1.165, 1.54) is 6.33 Å². The maximum Gasteiger partial charge on any atom is 0.166 e. The number of nitrogens with zero attached hydrogens (tertiary/aromatic N) is 2. The van der Waals surface area contributed by atoms with Crippen molar-refractivity contribution < 1.29 is 9.53 Å². The largest absolute Gasteiger partial charge is 0.378 e. The van der Waals surface area contributed by atoms with Crippen LogP contribution in [0.25, 0.3) is 0 Å². The minimum Gasteiger partial charge on any atom is -0.378 e. The van der Waals surface area contributed by atoms with Crippen LogP contribution in [-0.4, -0.2) is 28.5 Å². The van der Waals surface area contributed by atoms with E-state index in [1.54, 1.807) is 12.4 Å². The van der Waals surface area contributed by atoms with E-state index in [0.717, 1.165) is 25.9 Å². The van der Waals surface area contributed by atoms with Crippen molar-refractivity contribution >= 4 is 5.78 Å². The summed E-state index contributed by atoms with van der Waals surface area (Å²) >= 11 is 0. The van der Waals surface area contributed by atoms with E-state index < -0.39 is 0 Å². The number of ether oxygens (including phenoxy) is 1. The summed E-state index contributed by atoms with van der Waals surface area (Å²) < 4.78 is 5.46. The molecule has 0 N–H and O–H groups in total. The molecule has 4 nitrogen and oxygen atoms in total. The van der Waals surface area contributed by atoms with Gasteiger partial charge in [-0.1, -0.05) is 0 Å². The third-order valence-corrected chi connectivity index (χ3v) is 2.60. The van der Waals surface area contributed by atoms with Crippen molar-refractivity contribution in [2.24, 2.45) is 0 Å². The summed E-state index contributed by atoms with van der Waals surface area (Å²) in [5, 5.41) is 0. The van der Waals surface area contributed by atoms with Crippen LogP contribution in [0.2, 0.25) is 0 Å². The van der Waals surface area contributed by atoms with Crippen molar-refractivity contribution in [3.05, 3.63) is 24.3 Å². The fourth-order valence-electron chi connectivity index (χ4n) is 1.75. The first kappa shape index (κ1) is 10.2. The normalized spacial score (nSPS) is 20.4. The number of hydrogen-bond donors (Lipinski definition) is 0. The summed E-state index contributed by atoms with van der Waals surface area (Å²) in [6.45, 7) is 0.841. The molecule has 0 bridgehead atoms. The monoisotopic (exact) mass is 206 g/mol. The topological polar surface area (TPSA) is 52.1 Å². The average molecular weight is 206 g/mol. The number of carbonyl (C=O) groups is 1. The van der Waals surface area contributed by atoms with Crippen LogP contribution >= 0.6 is 0 Å². The Morgan fingerprint density at radius 3 is 2.93 bits per heavy atom. The molecule has 1 aromatic rings. The van der Waals surface area contributed by atoms with Crippen molar-refractivity contribution in [3.8, 4) is 0 Å².